The summed E-state index contributed by atoms with van der Waals surface area (Å²) in [6, 6.07) is 3.83. The van der Waals surface area contributed by atoms with E-state index in [-0.39, 0.29) is 0 Å². The van der Waals surface area contributed by atoms with Crippen molar-refractivity contribution in [3.8, 4) is 16.6 Å². The summed E-state index contributed by atoms with van der Waals surface area (Å²) in [6.45, 7) is 0. The van der Waals surface area contributed by atoms with Crippen molar-refractivity contribution >= 4 is 11.3 Å². The fraction of sp³-hybridized carbons (Fsp3) is 0. The van der Waals surface area contributed by atoms with Gasteiger partial charge in [0.05, 0.1) is 5.56 Å². The van der Waals surface area contributed by atoms with Gasteiger partial charge in [-0.25, -0.2) is 4.98 Å². The Morgan fingerprint density at radius 1 is 1.38 bits per heavy atom. The Hall–Kier alpha value is -1.73. The third kappa shape index (κ3) is 1.55. The van der Waals surface area contributed by atoms with E-state index < -0.39 is 0 Å². The summed E-state index contributed by atoms with van der Waals surface area (Å²) >= 11 is 1.53. The summed E-state index contributed by atoms with van der Waals surface area (Å²) < 4.78 is 0. The van der Waals surface area contributed by atoms with Gasteiger partial charge in [0.15, 0.2) is 0 Å². The minimum Gasteiger partial charge on any atom is -0.263 e. The Balaban J connectivity index is 2.49. The molecule has 3 nitrogen and oxygen atoms in total. The molecule has 13 heavy (non-hydrogen) atoms. The molecule has 0 aliphatic carbocycles. The molecule has 0 fully saturated rings. The molecule has 0 amide bonds. The molecule has 62 valence electrons. The van der Waals surface area contributed by atoms with Crippen LogP contribution < -0.4 is 0 Å². The number of thiazole rings is 1. The van der Waals surface area contributed by atoms with E-state index in [0.717, 1.165) is 10.6 Å². The molecule has 2 heterocycles. The van der Waals surface area contributed by atoms with Crippen LogP contribution in [-0.2, 0) is 0 Å². The molecule has 0 atom stereocenters. The van der Waals surface area contributed by atoms with Crippen LogP contribution in [0.3, 0.4) is 0 Å². The van der Waals surface area contributed by atoms with Gasteiger partial charge in [-0.05, 0) is 6.07 Å². The monoisotopic (exact) mass is 187 g/mol. The van der Waals surface area contributed by atoms with Gasteiger partial charge in [-0.1, -0.05) is 0 Å². The van der Waals surface area contributed by atoms with E-state index in [1.807, 2.05) is 11.4 Å². The first-order valence-electron chi connectivity index (χ1n) is 3.65. The van der Waals surface area contributed by atoms with Gasteiger partial charge < -0.3 is 0 Å². The molecule has 2 aromatic heterocycles. The number of pyridine rings is 1. The van der Waals surface area contributed by atoms with Crippen LogP contribution in [0.2, 0.25) is 0 Å². The molecular formula is C9H5N3S. The zero-order valence-corrected chi connectivity index (χ0v) is 7.45. The predicted octanol–water partition coefficient (Wildman–Crippen LogP) is 2.08. The Kier molecular flexibility index (Phi) is 2.02. The van der Waals surface area contributed by atoms with Crippen molar-refractivity contribution < 1.29 is 0 Å². The van der Waals surface area contributed by atoms with Gasteiger partial charge in [0.2, 0.25) is 0 Å². The lowest BCUT2D eigenvalue weighted by molar-refractivity contribution is 1.29. The summed E-state index contributed by atoms with van der Waals surface area (Å²) in [4.78, 5) is 8.09. The van der Waals surface area contributed by atoms with Gasteiger partial charge in [-0.3, -0.25) is 4.98 Å². The second-order valence-corrected chi connectivity index (χ2v) is 3.31. The number of hydrogen-bond donors (Lipinski definition) is 0. The number of rotatable bonds is 1. The zero-order valence-electron chi connectivity index (χ0n) is 6.64. The van der Waals surface area contributed by atoms with Crippen LogP contribution in [0.1, 0.15) is 5.56 Å². The molecular weight excluding hydrogens is 182 g/mol. The second-order valence-electron chi connectivity index (χ2n) is 2.41. The van der Waals surface area contributed by atoms with Gasteiger partial charge in [-0.15, -0.1) is 11.3 Å². The lowest BCUT2D eigenvalue weighted by atomic mass is 10.2. The van der Waals surface area contributed by atoms with Gasteiger partial charge in [0.1, 0.15) is 11.1 Å². The van der Waals surface area contributed by atoms with Crippen molar-refractivity contribution in [2.75, 3.05) is 0 Å². The van der Waals surface area contributed by atoms with Crippen molar-refractivity contribution in [3.05, 3.63) is 35.6 Å². The van der Waals surface area contributed by atoms with E-state index >= 15 is 0 Å². The average molecular weight is 187 g/mol. The molecule has 0 spiro atoms. The Bertz CT molecular complexity index is 442. The summed E-state index contributed by atoms with van der Waals surface area (Å²) in [5.74, 6) is 0. The molecule has 4 heteroatoms. The summed E-state index contributed by atoms with van der Waals surface area (Å²) in [5, 5.41) is 11.4. The van der Waals surface area contributed by atoms with Crippen LogP contribution in [0, 0.1) is 11.3 Å². The zero-order chi connectivity index (χ0) is 9.10. The van der Waals surface area contributed by atoms with Gasteiger partial charge >= 0.3 is 0 Å². The molecule has 0 radical (unpaired) electrons. The molecule has 0 unspecified atom stereocenters. The van der Waals surface area contributed by atoms with Crippen LogP contribution in [0.5, 0.6) is 0 Å². The highest BCUT2D eigenvalue weighted by atomic mass is 32.1. The van der Waals surface area contributed by atoms with Crippen LogP contribution in [0.25, 0.3) is 10.6 Å². The topological polar surface area (TPSA) is 49.6 Å². The van der Waals surface area contributed by atoms with E-state index in [2.05, 4.69) is 9.97 Å². The molecule has 0 aliphatic rings. The Labute approximate surface area is 79.3 Å². The van der Waals surface area contributed by atoms with Gasteiger partial charge in [0, 0.05) is 29.5 Å². The van der Waals surface area contributed by atoms with Crippen molar-refractivity contribution in [1.82, 2.24) is 9.97 Å². The lowest BCUT2D eigenvalue weighted by Gasteiger charge is -1.94. The highest BCUT2D eigenvalue weighted by Crippen LogP contribution is 2.20. The minimum absolute atomic E-state index is 0.563. The number of aromatic nitrogens is 2. The second kappa shape index (κ2) is 3.33. The van der Waals surface area contributed by atoms with E-state index in [9.17, 15) is 0 Å². The maximum absolute atomic E-state index is 8.65. The molecule has 2 aromatic rings. The lowest BCUT2D eigenvalue weighted by Crippen LogP contribution is -1.81. The van der Waals surface area contributed by atoms with Crippen molar-refractivity contribution in [3.63, 3.8) is 0 Å². The average Bonchev–Trinajstić information content (AvgIpc) is 2.71. The summed E-state index contributed by atoms with van der Waals surface area (Å²) in [5.41, 5.74) is 1.46. The first-order valence-corrected chi connectivity index (χ1v) is 4.53. The molecule has 0 N–H and O–H groups in total. The minimum atomic E-state index is 0.563. The van der Waals surface area contributed by atoms with E-state index in [4.69, 9.17) is 5.26 Å². The van der Waals surface area contributed by atoms with E-state index in [1.165, 1.54) is 17.5 Å². The highest BCUT2D eigenvalue weighted by molar-refractivity contribution is 7.13. The highest BCUT2D eigenvalue weighted by Gasteiger charge is 2.01. The van der Waals surface area contributed by atoms with Crippen molar-refractivity contribution in [2.24, 2.45) is 0 Å². The first-order chi connectivity index (χ1) is 6.40. The van der Waals surface area contributed by atoms with Crippen LogP contribution >= 0.6 is 11.3 Å². The number of hydrogen-bond acceptors (Lipinski definition) is 4. The van der Waals surface area contributed by atoms with E-state index in [0.29, 0.717) is 5.56 Å². The molecule has 2 rings (SSSR count). The molecule has 0 saturated carbocycles. The van der Waals surface area contributed by atoms with E-state index in [1.54, 1.807) is 18.5 Å². The maximum atomic E-state index is 8.65. The van der Waals surface area contributed by atoms with Crippen LogP contribution in [-0.4, -0.2) is 9.97 Å². The number of nitriles is 1. The van der Waals surface area contributed by atoms with Crippen molar-refractivity contribution in [2.45, 2.75) is 0 Å². The normalized spacial score (nSPS) is 9.46. The third-order valence-electron chi connectivity index (χ3n) is 1.55. The molecule has 0 saturated heterocycles. The fourth-order valence-corrected chi connectivity index (χ4v) is 1.60. The van der Waals surface area contributed by atoms with Gasteiger partial charge in [-0.2, -0.15) is 5.26 Å². The number of nitrogens with zero attached hydrogens (tertiary/aromatic N) is 3. The van der Waals surface area contributed by atoms with Gasteiger partial charge in [0.25, 0.3) is 0 Å². The summed E-state index contributed by atoms with van der Waals surface area (Å²) in [6.07, 6.45) is 4.98. The predicted molar refractivity (Wildman–Crippen MR) is 50.1 cm³/mol. The molecule has 0 aliphatic heterocycles. The molecule has 0 bridgehead atoms. The first kappa shape index (κ1) is 7.90. The smallest absolute Gasteiger partial charge is 0.124 e. The quantitative estimate of drug-likeness (QED) is 0.686. The van der Waals surface area contributed by atoms with Crippen molar-refractivity contribution in [1.29, 1.82) is 5.26 Å². The molecule has 0 aromatic carbocycles. The Morgan fingerprint density at radius 3 is 3.00 bits per heavy atom. The standard InChI is InChI=1S/C9H5N3S/c10-4-7-3-8(6-11-5-7)9-12-1-2-13-9/h1-3,5-6H. The third-order valence-corrected chi connectivity index (χ3v) is 2.37. The largest absolute Gasteiger partial charge is 0.263 e. The van der Waals surface area contributed by atoms with Crippen LogP contribution in [0.15, 0.2) is 30.0 Å². The summed E-state index contributed by atoms with van der Waals surface area (Å²) in [7, 11) is 0. The fourth-order valence-electron chi connectivity index (χ4n) is 0.984. The van der Waals surface area contributed by atoms with Crippen LogP contribution in [0.4, 0.5) is 0 Å². The SMILES string of the molecule is N#Cc1cncc(-c2nccs2)c1. The Morgan fingerprint density at radius 2 is 2.31 bits per heavy atom. The maximum Gasteiger partial charge on any atom is 0.124 e.